The molecule has 5 nitrogen and oxygen atoms in total. The van der Waals surface area contributed by atoms with Crippen molar-refractivity contribution in [3.63, 3.8) is 0 Å². The van der Waals surface area contributed by atoms with Crippen LogP contribution in [0.2, 0.25) is 0 Å². The molecule has 1 amide bonds. The molecule has 2 rings (SSSR count). The van der Waals surface area contributed by atoms with E-state index in [2.05, 4.69) is 21.2 Å². The van der Waals surface area contributed by atoms with E-state index in [0.717, 1.165) is 0 Å². The van der Waals surface area contributed by atoms with E-state index in [-0.39, 0.29) is 19.1 Å². The first-order chi connectivity index (χ1) is 10.1. The van der Waals surface area contributed by atoms with Gasteiger partial charge in [-0.3, -0.25) is 4.79 Å². The number of ether oxygens (including phenoxy) is 1. The van der Waals surface area contributed by atoms with Crippen LogP contribution in [0.25, 0.3) is 0 Å². The Kier molecular flexibility index (Phi) is 5.55. The number of halogens is 2. The zero-order valence-corrected chi connectivity index (χ0v) is 13.5. The Balaban J connectivity index is 2.33. The van der Waals surface area contributed by atoms with E-state index in [9.17, 15) is 9.18 Å². The fraction of sp³-hybridized carbons (Fsp3) is 0.500. The van der Waals surface area contributed by atoms with Gasteiger partial charge in [0.2, 0.25) is 5.91 Å². The van der Waals surface area contributed by atoms with Crippen LogP contribution < -0.4 is 16.0 Å². The minimum Gasteiger partial charge on any atom is -0.377 e. The van der Waals surface area contributed by atoms with Crippen LogP contribution in [0.3, 0.4) is 0 Å². The molecule has 0 aromatic heterocycles. The molecule has 1 aliphatic heterocycles. The van der Waals surface area contributed by atoms with Crippen molar-refractivity contribution in [1.29, 1.82) is 0 Å². The SMILES string of the molecule is CCNC(=O)C1COCCN1c1ccc(CN)c(Br)c1F. The third kappa shape index (κ3) is 3.36. The third-order valence-electron chi connectivity index (χ3n) is 3.45. The average molecular weight is 360 g/mol. The largest absolute Gasteiger partial charge is 0.377 e. The second-order valence-electron chi connectivity index (χ2n) is 4.75. The number of rotatable bonds is 4. The number of hydrogen-bond acceptors (Lipinski definition) is 4. The highest BCUT2D eigenvalue weighted by Gasteiger charge is 2.31. The quantitative estimate of drug-likeness (QED) is 0.852. The molecule has 3 N–H and O–H groups in total. The summed E-state index contributed by atoms with van der Waals surface area (Å²) in [6.07, 6.45) is 0. The first-order valence-electron chi connectivity index (χ1n) is 6.89. The van der Waals surface area contributed by atoms with Gasteiger partial charge in [0.25, 0.3) is 0 Å². The van der Waals surface area contributed by atoms with E-state index in [4.69, 9.17) is 10.5 Å². The lowest BCUT2D eigenvalue weighted by Crippen LogP contribution is -2.54. The Morgan fingerprint density at radius 2 is 2.38 bits per heavy atom. The van der Waals surface area contributed by atoms with Crippen molar-refractivity contribution in [2.45, 2.75) is 19.5 Å². The van der Waals surface area contributed by atoms with E-state index in [1.807, 2.05) is 6.92 Å². The Morgan fingerprint density at radius 1 is 1.62 bits per heavy atom. The van der Waals surface area contributed by atoms with Crippen LogP contribution in [0.15, 0.2) is 16.6 Å². The summed E-state index contributed by atoms with van der Waals surface area (Å²) >= 11 is 3.23. The predicted octanol–water partition coefficient (Wildman–Crippen LogP) is 1.39. The maximum Gasteiger partial charge on any atom is 0.245 e. The number of likely N-dealkylation sites (N-methyl/N-ethyl adjacent to an activating group) is 1. The fourth-order valence-corrected chi connectivity index (χ4v) is 2.86. The lowest BCUT2D eigenvalue weighted by molar-refractivity contribution is -0.124. The van der Waals surface area contributed by atoms with Gasteiger partial charge >= 0.3 is 0 Å². The van der Waals surface area contributed by atoms with Crippen LogP contribution >= 0.6 is 15.9 Å². The van der Waals surface area contributed by atoms with Gasteiger partial charge in [0.15, 0.2) is 5.82 Å². The number of anilines is 1. The van der Waals surface area contributed by atoms with E-state index >= 15 is 0 Å². The van der Waals surface area contributed by atoms with Crippen LogP contribution in [0.5, 0.6) is 0 Å². The molecule has 1 atom stereocenters. The summed E-state index contributed by atoms with van der Waals surface area (Å²) in [7, 11) is 0. The van der Waals surface area contributed by atoms with Crippen molar-refractivity contribution in [2.75, 3.05) is 31.2 Å². The molecule has 1 saturated heterocycles. The van der Waals surface area contributed by atoms with Crippen LogP contribution in [-0.2, 0) is 16.1 Å². The lowest BCUT2D eigenvalue weighted by atomic mass is 10.1. The zero-order chi connectivity index (χ0) is 15.4. The zero-order valence-electron chi connectivity index (χ0n) is 11.9. The Bertz CT molecular complexity index is 527. The van der Waals surface area contributed by atoms with Gasteiger partial charge in [-0.05, 0) is 34.5 Å². The second-order valence-corrected chi connectivity index (χ2v) is 5.55. The molecule has 0 aliphatic carbocycles. The Morgan fingerprint density at radius 3 is 3.05 bits per heavy atom. The summed E-state index contributed by atoms with van der Waals surface area (Å²) in [6.45, 7) is 3.81. The smallest absolute Gasteiger partial charge is 0.245 e. The van der Waals surface area contributed by atoms with Crippen molar-refractivity contribution < 1.29 is 13.9 Å². The van der Waals surface area contributed by atoms with Gasteiger partial charge in [0.05, 0.1) is 23.4 Å². The highest BCUT2D eigenvalue weighted by molar-refractivity contribution is 9.10. The number of hydrogen-bond donors (Lipinski definition) is 2. The van der Waals surface area contributed by atoms with E-state index < -0.39 is 11.9 Å². The highest BCUT2D eigenvalue weighted by atomic mass is 79.9. The number of amides is 1. The molecular weight excluding hydrogens is 341 g/mol. The maximum atomic E-state index is 14.5. The van der Waals surface area contributed by atoms with Crippen LogP contribution in [0.4, 0.5) is 10.1 Å². The molecule has 0 radical (unpaired) electrons. The van der Waals surface area contributed by atoms with Gasteiger partial charge in [0, 0.05) is 19.6 Å². The van der Waals surface area contributed by atoms with Gasteiger partial charge in [-0.2, -0.15) is 0 Å². The number of morpholine rings is 1. The van der Waals surface area contributed by atoms with Crippen molar-refractivity contribution in [2.24, 2.45) is 5.73 Å². The van der Waals surface area contributed by atoms with Crippen molar-refractivity contribution in [3.8, 4) is 0 Å². The molecule has 1 aromatic rings. The molecule has 0 saturated carbocycles. The molecule has 1 fully saturated rings. The normalized spacial score (nSPS) is 18.7. The summed E-state index contributed by atoms with van der Waals surface area (Å²) in [6, 6.07) is 2.91. The van der Waals surface area contributed by atoms with E-state index in [1.165, 1.54) is 0 Å². The van der Waals surface area contributed by atoms with Crippen molar-refractivity contribution in [1.82, 2.24) is 5.32 Å². The van der Waals surface area contributed by atoms with Gasteiger partial charge in [0.1, 0.15) is 6.04 Å². The van der Waals surface area contributed by atoms with Crippen LogP contribution in [-0.4, -0.2) is 38.3 Å². The lowest BCUT2D eigenvalue weighted by Gasteiger charge is -2.36. The van der Waals surface area contributed by atoms with E-state index in [1.54, 1.807) is 17.0 Å². The molecule has 1 aromatic carbocycles. The molecule has 0 spiro atoms. The molecule has 0 bridgehead atoms. The predicted molar refractivity (Wildman–Crippen MR) is 82.6 cm³/mol. The number of carbonyl (C=O) groups is 1. The summed E-state index contributed by atoms with van der Waals surface area (Å²) < 4.78 is 20.2. The molecule has 7 heteroatoms. The van der Waals surface area contributed by atoms with Crippen LogP contribution in [0.1, 0.15) is 12.5 Å². The average Bonchev–Trinajstić information content (AvgIpc) is 2.50. The van der Waals surface area contributed by atoms with Gasteiger partial charge in [-0.25, -0.2) is 4.39 Å². The van der Waals surface area contributed by atoms with Crippen molar-refractivity contribution >= 4 is 27.5 Å². The molecule has 1 aliphatic rings. The standard InChI is InChI=1S/C14H19BrFN3O2/c1-2-18-14(20)11-8-21-6-5-19(11)10-4-3-9(7-17)12(15)13(10)16/h3-4,11H,2,5-8,17H2,1H3,(H,18,20). The highest BCUT2D eigenvalue weighted by Crippen LogP contribution is 2.31. The van der Waals surface area contributed by atoms with Crippen molar-refractivity contribution in [3.05, 3.63) is 28.0 Å². The fourth-order valence-electron chi connectivity index (χ4n) is 2.36. The van der Waals surface area contributed by atoms with Gasteiger partial charge < -0.3 is 20.7 Å². The molecule has 21 heavy (non-hydrogen) atoms. The summed E-state index contributed by atoms with van der Waals surface area (Å²) in [5.74, 6) is -0.551. The first kappa shape index (κ1) is 16.2. The minimum atomic E-state index is -0.524. The topological polar surface area (TPSA) is 67.6 Å². The Labute approximate surface area is 131 Å². The van der Waals surface area contributed by atoms with E-state index in [0.29, 0.717) is 35.4 Å². The summed E-state index contributed by atoms with van der Waals surface area (Å²) in [5, 5.41) is 2.76. The number of carbonyl (C=O) groups excluding carboxylic acids is 1. The molecule has 1 unspecified atom stereocenters. The first-order valence-corrected chi connectivity index (χ1v) is 7.68. The number of nitrogens with zero attached hydrogens (tertiary/aromatic N) is 1. The van der Waals surface area contributed by atoms with Gasteiger partial charge in [-0.15, -0.1) is 0 Å². The Hall–Kier alpha value is -1.18. The number of benzene rings is 1. The molecule has 1 heterocycles. The summed E-state index contributed by atoms with van der Waals surface area (Å²) in [5.41, 5.74) is 6.65. The summed E-state index contributed by atoms with van der Waals surface area (Å²) in [4.78, 5) is 13.9. The second kappa shape index (κ2) is 7.20. The third-order valence-corrected chi connectivity index (χ3v) is 4.31. The molecular formula is C14H19BrFN3O2. The van der Waals surface area contributed by atoms with Gasteiger partial charge in [-0.1, -0.05) is 6.07 Å². The van der Waals surface area contributed by atoms with Crippen LogP contribution in [0, 0.1) is 5.82 Å². The molecule has 116 valence electrons. The maximum absolute atomic E-state index is 14.5. The minimum absolute atomic E-state index is 0.157. The number of nitrogens with one attached hydrogen (secondary N) is 1. The number of nitrogens with two attached hydrogens (primary N) is 1. The monoisotopic (exact) mass is 359 g/mol.